The van der Waals surface area contributed by atoms with Crippen LogP contribution in [0.25, 0.3) is 33.5 Å². The molecule has 5 rings (SSSR count). The molecule has 2 heterocycles. The fraction of sp³-hybridized carbons (Fsp3) is 0.0690. The summed E-state index contributed by atoms with van der Waals surface area (Å²) in [4.78, 5) is 37.7. The summed E-state index contributed by atoms with van der Waals surface area (Å²) in [6, 6.07) is 23.4. The van der Waals surface area contributed by atoms with Gasteiger partial charge in [0.15, 0.2) is 17.2 Å². The third kappa shape index (κ3) is 4.54. The summed E-state index contributed by atoms with van der Waals surface area (Å²) >= 11 is 0. The first kappa shape index (κ1) is 24.2. The van der Waals surface area contributed by atoms with Crippen molar-refractivity contribution in [3.05, 3.63) is 118 Å². The molecule has 0 aliphatic rings. The number of carbonyl (C=O) groups is 1. The molecule has 0 atom stereocenters. The molecule has 9 nitrogen and oxygen atoms in total. The molecule has 0 unspecified atom stereocenters. The van der Waals surface area contributed by atoms with Crippen LogP contribution < -0.4 is 16.2 Å². The van der Waals surface area contributed by atoms with Gasteiger partial charge in [-0.25, -0.2) is 24.2 Å². The van der Waals surface area contributed by atoms with Crippen LogP contribution in [0.3, 0.4) is 0 Å². The SMILES string of the molecule is [C-]#[N+]/C(=C\c1cccc(-n2c(=O)n(-c3ccc(Oc4ccccc4)cc3)c3c(N)ncnc32)c1)C(=O)CC. The lowest BCUT2D eigenvalue weighted by Gasteiger charge is -2.08. The normalized spacial score (nSPS) is 11.3. The predicted molar refractivity (Wildman–Crippen MR) is 145 cm³/mol. The van der Waals surface area contributed by atoms with Gasteiger partial charge in [-0.15, -0.1) is 0 Å². The summed E-state index contributed by atoms with van der Waals surface area (Å²) in [6.07, 6.45) is 3.04. The Labute approximate surface area is 217 Å². The van der Waals surface area contributed by atoms with Crippen molar-refractivity contribution < 1.29 is 9.53 Å². The van der Waals surface area contributed by atoms with E-state index in [1.165, 1.54) is 21.5 Å². The molecule has 186 valence electrons. The van der Waals surface area contributed by atoms with Gasteiger partial charge >= 0.3 is 5.69 Å². The molecule has 0 amide bonds. The molecule has 0 radical (unpaired) electrons. The van der Waals surface area contributed by atoms with E-state index < -0.39 is 5.69 Å². The van der Waals surface area contributed by atoms with Crippen molar-refractivity contribution in [1.82, 2.24) is 19.1 Å². The Morgan fingerprint density at radius 2 is 1.71 bits per heavy atom. The Hall–Kier alpha value is -5.49. The summed E-state index contributed by atoms with van der Waals surface area (Å²) in [5, 5.41) is 0. The lowest BCUT2D eigenvalue weighted by Crippen LogP contribution is -2.22. The number of Topliss-reactive ketones (excluding diaryl/α,β-unsaturated/α-hetero) is 1. The molecule has 0 aliphatic heterocycles. The Kier molecular flexibility index (Phi) is 6.53. The van der Waals surface area contributed by atoms with E-state index in [0.29, 0.717) is 39.6 Å². The predicted octanol–water partition coefficient (Wildman–Crippen LogP) is 5.19. The Morgan fingerprint density at radius 1 is 0.974 bits per heavy atom. The molecular formula is C29H22N6O3. The molecular weight excluding hydrogens is 480 g/mol. The largest absolute Gasteiger partial charge is 0.457 e. The molecule has 0 spiro atoms. The minimum absolute atomic E-state index is 0.0313. The fourth-order valence-corrected chi connectivity index (χ4v) is 4.07. The van der Waals surface area contributed by atoms with E-state index >= 15 is 0 Å². The molecule has 2 aromatic heterocycles. The Balaban J connectivity index is 1.62. The van der Waals surface area contributed by atoms with Crippen molar-refractivity contribution in [3.8, 4) is 22.9 Å². The molecule has 0 saturated heterocycles. The lowest BCUT2D eigenvalue weighted by molar-refractivity contribution is -0.114. The van der Waals surface area contributed by atoms with E-state index in [1.807, 2.05) is 30.3 Å². The number of ketones is 1. The number of hydrogen-bond acceptors (Lipinski definition) is 6. The maximum Gasteiger partial charge on any atom is 0.339 e. The van der Waals surface area contributed by atoms with Gasteiger partial charge in [-0.1, -0.05) is 37.3 Å². The third-order valence-corrected chi connectivity index (χ3v) is 5.88. The monoisotopic (exact) mass is 502 g/mol. The van der Waals surface area contributed by atoms with Gasteiger partial charge in [0.1, 0.15) is 23.3 Å². The number of para-hydroxylation sites is 1. The maximum absolute atomic E-state index is 13.8. The number of hydrogen-bond donors (Lipinski definition) is 1. The second-order valence-corrected chi connectivity index (χ2v) is 8.31. The second kappa shape index (κ2) is 10.2. The number of nitrogens with zero attached hydrogens (tertiary/aromatic N) is 5. The van der Waals surface area contributed by atoms with Crippen LogP contribution in [-0.2, 0) is 4.79 Å². The quantitative estimate of drug-likeness (QED) is 0.242. The highest BCUT2D eigenvalue weighted by Gasteiger charge is 2.20. The highest BCUT2D eigenvalue weighted by atomic mass is 16.5. The molecule has 0 saturated carbocycles. The van der Waals surface area contributed by atoms with Gasteiger partial charge in [0.25, 0.3) is 0 Å². The molecule has 0 bridgehead atoms. The summed E-state index contributed by atoms with van der Waals surface area (Å²) in [5.41, 5.74) is 8.19. The molecule has 3 aromatic carbocycles. The van der Waals surface area contributed by atoms with Crippen LogP contribution in [-0.4, -0.2) is 24.9 Å². The van der Waals surface area contributed by atoms with Gasteiger partial charge in [0, 0.05) is 0 Å². The van der Waals surface area contributed by atoms with Gasteiger partial charge in [0.2, 0.25) is 5.70 Å². The number of rotatable bonds is 7. The van der Waals surface area contributed by atoms with E-state index in [4.69, 9.17) is 17.0 Å². The highest BCUT2D eigenvalue weighted by Crippen LogP contribution is 2.26. The Morgan fingerprint density at radius 3 is 2.42 bits per heavy atom. The Bertz CT molecular complexity index is 1780. The number of nitrogen functional groups attached to an aromatic ring is 1. The number of ether oxygens (including phenoxy) is 1. The zero-order valence-corrected chi connectivity index (χ0v) is 20.4. The zero-order chi connectivity index (χ0) is 26.6. The van der Waals surface area contributed by atoms with Crippen molar-refractivity contribution in [2.75, 3.05) is 5.73 Å². The molecule has 9 heteroatoms. The first-order valence-electron chi connectivity index (χ1n) is 11.8. The van der Waals surface area contributed by atoms with Gasteiger partial charge in [-0.2, -0.15) is 0 Å². The van der Waals surface area contributed by atoms with Crippen LogP contribution in [0.5, 0.6) is 11.5 Å². The van der Waals surface area contributed by atoms with Crippen LogP contribution >= 0.6 is 0 Å². The van der Waals surface area contributed by atoms with E-state index in [9.17, 15) is 9.59 Å². The average Bonchev–Trinajstić information content (AvgIpc) is 3.25. The summed E-state index contributed by atoms with van der Waals surface area (Å²) in [5.74, 6) is 1.20. The smallest absolute Gasteiger partial charge is 0.339 e. The number of benzene rings is 3. The van der Waals surface area contributed by atoms with Crippen molar-refractivity contribution >= 4 is 28.8 Å². The molecule has 38 heavy (non-hydrogen) atoms. The van der Waals surface area contributed by atoms with Gasteiger partial charge in [-0.3, -0.25) is 4.57 Å². The van der Waals surface area contributed by atoms with Crippen LogP contribution in [0.4, 0.5) is 5.82 Å². The first-order valence-corrected chi connectivity index (χ1v) is 11.8. The summed E-state index contributed by atoms with van der Waals surface area (Å²) in [7, 11) is 0. The number of nitrogens with two attached hydrogens (primary N) is 1. The lowest BCUT2D eigenvalue weighted by atomic mass is 10.1. The van der Waals surface area contributed by atoms with Gasteiger partial charge in [-0.05, 0) is 66.6 Å². The number of imidazole rings is 1. The number of fused-ring (bicyclic) bond motifs is 1. The molecule has 2 N–H and O–H groups in total. The minimum atomic E-state index is -0.403. The van der Waals surface area contributed by atoms with Crippen molar-refractivity contribution in [2.24, 2.45) is 0 Å². The number of carbonyl (C=O) groups excluding carboxylic acids is 1. The zero-order valence-electron chi connectivity index (χ0n) is 20.4. The molecule has 0 fully saturated rings. The minimum Gasteiger partial charge on any atom is -0.457 e. The van der Waals surface area contributed by atoms with E-state index in [-0.39, 0.29) is 23.7 Å². The van der Waals surface area contributed by atoms with Crippen LogP contribution in [0.1, 0.15) is 18.9 Å². The summed E-state index contributed by atoms with van der Waals surface area (Å²) < 4.78 is 8.75. The number of aromatic nitrogens is 4. The van der Waals surface area contributed by atoms with Crippen molar-refractivity contribution in [2.45, 2.75) is 13.3 Å². The third-order valence-electron chi connectivity index (χ3n) is 5.88. The van der Waals surface area contributed by atoms with Gasteiger partial charge in [0.05, 0.1) is 17.9 Å². The second-order valence-electron chi connectivity index (χ2n) is 8.31. The highest BCUT2D eigenvalue weighted by molar-refractivity contribution is 6.01. The first-order chi connectivity index (χ1) is 18.5. The van der Waals surface area contributed by atoms with E-state index in [1.54, 1.807) is 55.5 Å². The van der Waals surface area contributed by atoms with Crippen LogP contribution in [0, 0.1) is 6.57 Å². The van der Waals surface area contributed by atoms with Crippen LogP contribution in [0.15, 0.2) is 95.7 Å². The van der Waals surface area contributed by atoms with Crippen LogP contribution in [0.2, 0.25) is 0 Å². The number of anilines is 1. The van der Waals surface area contributed by atoms with E-state index in [2.05, 4.69) is 14.8 Å². The van der Waals surface area contributed by atoms with Crippen molar-refractivity contribution in [1.29, 1.82) is 0 Å². The van der Waals surface area contributed by atoms with E-state index in [0.717, 1.165) is 0 Å². The molecule has 5 aromatic rings. The summed E-state index contributed by atoms with van der Waals surface area (Å²) in [6.45, 7) is 9.05. The standard InChI is InChI=1S/C29H22N6O3/c1-3-25(36)24(31-2)17-19-8-7-9-21(16-19)35-28-26(27(30)32-18-33-28)34(29(35)37)20-12-14-23(15-13-20)38-22-10-5-4-6-11-22/h4-18H,3H2,1H3,(H2,30,32,33)/b24-17-. The average molecular weight is 503 g/mol. The maximum atomic E-state index is 13.8. The topological polar surface area (TPSA) is 109 Å². The fourth-order valence-electron chi connectivity index (χ4n) is 4.07. The van der Waals surface area contributed by atoms with Crippen molar-refractivity contribution in [3.63, 3.8) is 0 Å². The molecule has 0 aliphatic carbocycles. The number of allylic oxidation sites excluding steroid dienone is 1. The van der Waals surface area contributed by atoms with Gasteiger partial charge < -0.3 is 15.3 Å².